The molecular weight excluding hydrogens is 268 g/mol. The highest BCUT2D eigenvalue weighted by molar-refractivity contribution is 7.21. The number of rotatable bonds is 3. The Hall–Kier alpha value is -1.55. The average Bonchev–Trinajstić information content (AvgIpc) is 2.73. The number of fused-ring (bicyclic) bond motifs is 1. The zero-order chi connectivity index (χ0) is 15.0. The van der Waals surface area contributed by atoms with Crippen molar-refractivity contribution in [3.05, 3.63) is 28.6 Å². The number of hydrogen-bond acceptors (Lipinski definition) is 3. The molecule has 0 aliphatic carbocycles. The van der Waals surface area contributed by atoms with Crippen molar-refractivity contribution in [2.45, 2.75) is 33.7 Å². The van der Waals surface area contributed by atoms with Gasteiger partial charge in [0, 0.05) is 23.2 Å². The first-order valence-corrected chi connectivity index (χ1v) is 7.70. The molecule has 0 saturated heterocycles. The molecule has 20 heavy (non-hydrogen) atoms. The van der Waals surface area contributed by atoms with Gasteiger partial charge in [0.25, 0.3) is 5.91 Å². The van der Waals surface area contributed by atoms with E-state index >= 15 is 0 Å². The van der Waals surface area contributed by atoms with Crippen LogP contribution in [0.4, 0.5) is 5.69 Å². The maximum atomic E-state index is 12.6. The Morgan fingerprint density at radius 2 is 1.95 bits per heavy atom. The van der Waals surface area contributed by atoms with E-state index in [1.807, 2.05) is 32.2 Å². The Bertz CT molecular complexity index is 645. The van der Waals surface area contributed by atoms with E-state index in [4.69, 9.17) is 5.73 Å². The van der Waals surface area contributed by atoms with Gasteiger partial charge in [-0.05, 0) is 31.9 Å². The summed E-state index contributed by atoms with van der Waals surface area (Å²) in [6.45, 7) is 8.33. The predicted octanol–water partition coefficient (Wildman–Crippen LogP) is 3.91. The van der Waals surface area contributed by atoms with Gasteiger partial charge in [-0.1, -0.05) is 25.5 Å². The van der Waals surface area contributed by atoms with Crippen LogP contribution in [0, 0.1) is 12.8 Å². The van der Waals surface area contributed by atoms with Gasteiger partial charge in [-0.15, -0.1) is 11.3 Å². The van der Waals surface area contributed by atoms with Crippen molar-refractivity contribution in [1.29, 1.82) is 0 Å². The lowest BCUT2D eigenvalue weighted by Crippen LogP contribution is -2.38. The van der Waals surface area contributed by atoms with E-state index in [-0.39, 0.29) is 11.9 Å². The first kappa shape index (κ1) is 14.9. The molecule has 0 aliphatic rings. The molecule has 4 heteroatoms. The van der Waals surface area contributed by atoms with Crippen LogP contribution in [0.2, 0.25) is 0 Å². The SMILES string of the molecule is Cc1ccc2sc(C(=O)N(C)C(C)C(C)C)c(N)c2c1. The zero-order valence-electron chi connectivity index (χ0n) is 12.7. The molecule has 3 nitrogen and oxygen atoms in total. The molecule has 1 aromatic heterocycles. The van der Waals surface area contributed by atoms with Gasteiger partial charge >= 0.3 is 0 Å². The molecule has 2 aromatic rings. The van der Waals surface area contributed by atoms with Crippen LogP contribution in [0.5, 0.6) is 0 Å². The number of hydrogen-bond donors (Lipinski definition) is 1. The van der Waals surface area contributed by atoms with Crippen LogP contribution in [-0.4, -0.2) is 23.9 Å². The Labute approximate surface area is 124 Å². The summed E-state index contributed by atoms with van der Waals surface area (Å²) in [5.41, 5.74) is 7.96. The second-order valence-electron chi connectivity index (χ2n) is 5.75. The first-order chi connectivity index (χ1) is 9.32. The van der Waals surface area contributed by atoms with Crippen molar-refractivity contribution in [2.75, 3.05) is 12.8 Å². The molecule has 0 bridgehead atoms. The highest BCUT2D eigenvalue weighted by Gasteiger charge is 2.24. The molecule has 2 N–H and O–H groups in total. The van der Waals surface area contributed by atoms with E-state index in [0.717, 1.165) is 15.6 Å². The first-order valence-electron chi connectivity index (χ1n) is 6.88. The summed E-state index contributed by atoms with van der Waals surface area (Å²) >= 11 is 1.48. The number of benzene rings is 1. The lowest BCUT2D eigenvalue weighted by molar-refractivity contribution is 0.0713. The smallest absolute Gasteiger partial charge is 0.266 e. The van der Waals surface area contributed by atoms with Gasteiger partial charge in [0.2, 0.25) is 0 Å². The minimum Gasteiger partial charge on any atom is -0.397 e. The van der Waals surface area contributed by atoms with Gasteiger partial charge in [0.15, 0.2) is 0 Å². The average molecular weight is 290 g/mol. The van der Waals surface area contributed by atoms with E-state index in [2.05, 4.69) is 20.8 Å². The van der Waals surface area contributed by atoms with Crippen LogP contribution in [0.3, 0.4) is 0 Å². The summed E-state index contributed by atoms with van der Waals surface area (Å²) in [4.78, 5) is 15.1. The van der Waals surface area contributed by atoms with E-state index in [1.54, 1.807) is 4.90 Å². The monoisotopic (exact) mass is 290 g/mol. The lowest BCUT2D eigenvalue weighted by Gasteiger charge is -2.27. The van der Waals surface area contributed by atoms with Crippen molar-refractivity contribution in [3.63, 3.8) is 0 Å². The standard InChI is InChI=1S/C16H22N2OS/c1-9(2)11(4)18(5)16(19)15-14(17)12-8-10(3)6-7-13(12)20-15/h6-9,11H,17H2,1-5H3. The quantitative estimate of drug-likeness (QED) is 0.931. The third kappa shape index (κ3) is 2.52. The Kier molecular flexibility index (Phi) is 4.04. The highest BCUT2D eigenvalue weighted by atomic mass is 32.1. The summed E-state index contributed by atoms with van der Waals surface area (Å²) < 4.78 is 1.07. The predicted molar refractivity (Wildman–Crippen MR) is 87.4 cm³/mol. The number of aryl methyl sites for hydroxylation is 1. The van der Waals surface area contributed by atoms with Crippen molar-refractivity contribution >= 4 is 33.0 Å². The van der Waals surface area contributed by atoms with E-state index in [9.17, 15) is 4.79 Å². The van der Waals surface area contributed by atoms with E-state index in [0.29, 0.717) is 16.5 Å². The van der Waals surface area contributed by atoms with Gasteiger partial charge in [-0.2, -0.15) is 0 Å². The number of thiophene rings is 1. The second-order valence-corrected chi connectivity index (χ2v) is 6.80. The normalized spacial score (nSPS) is 12.9. The molecule has 108 valence electrons. The van der Waals surface area contributed by atoms with Crippen molar-refractivity contribution < 1.29 is 4.79 Å². The molecule has 0 spiro atoms. The third-order valence-corrected chi connectivity index (χ3v) is 5.15. The Morgan fingerprint density at radius 1 is 1.30 bits per heavy atom. The number of nitrogens with two attached hydrogens (primary N) is 1. The number of amides is 1. The zero-order valence-corrected chi connectivity index (χ0v) is 13.5. The molecule has 0 saturated carbocycles. The van der Waals surface area contributed by atoms with Crippen LogP contribution >= 0.6 is 11.3 Å². The van der Waals surface area contributed by atoms with Crippen molar-refractivity contribution in [2.24, 2.45) is 5.92 Å². The van der Waals surface area contributed by atoms with Crippen LogP contribution in [0.1, 0.15) is 36.0 Å². The minimum atomic E-state index is 0.0163. The molecule has 1 heterocycles. The van der Waals surface area contributed by atoms with Crippen molar-refractivity contribution in [1.82, 2.24) is 4.90 Å². The van der Waals surface area contributed by atoms with Gasteiger partial charge in [-0.25, -0.2) is 0 Å². The second kappa shape index (κ2) is 5.44. The summed E-state index contributed by atoms with van der Waals surface area (Å²) in [6, 6.07) is 6.32. The van der Waals surface area contributed by atoms with Gasteiger partial charge in [-0.3, -0.25) is 4.79 Å². The summed E-state index contributed by atoms with van der Waals surface area (Å²) in [6.07, 6.45) is 0. The fourth-order valence-electron chi connectivity index (χ4n) is 2.18. The maximum absolute atomic E-state index is 12.6. The third-order valence-electron chi connectivity index (χ3n) is 3.97. The molecule has 1 atom stereocenters. The van der Waals surface area contributed by atoms with Gasteiger partial charge < -0.3 is 10.6 Å². The minimum absolute atomic E-state index is 0.0163. The van der Waals surface area contributed by atoms with E-state index in [1.165, 1.54) is 11.3 Å². The molecule has 0 aliphatic heterocycles. The number of nitrogens with zero attached hydrogens (tertiary/aromatic N) is 1. The van der Waals surface area contributed by atoms with Crippen LogP contribution in [-0.2, 0) is 0 Å². The van der Waals surface area contributed by atoms with Crippen LogP contribution < -0.4 is 5.73 Å². The fraction of sp³-hybridized carbons (Fsp3) is 0.438. The molecule has 0 fully saturated rings. The lowest BCUT2D eigenvalue weighted by atomic mass is 10.0. The number of nitrogen functional groups attached to an aromatic ring is 1. The fourth-order valence-corrected chi connectivity index (χ4v) is 3.27. The van der Waals surface area contributed by atoms with Crippen LogP contribution in [0.25, 0.3) is 10.1 Å². The van der Waals surface area contributed by atoms with Crippen LogP contribution in [0.15, 0.2) is 18.2 Å². The van der Waals surface area contributed by atoms with E-state index < -0.39 is 0 Å². The summed E-state index contributed by atoms with van der Waals surface area (Å²) in [5, 5.41) is 0.990. The van der Waals surface area contributed by atoms with Gasteiger partial charge in [0.1, 0.15) is 4.88 Å². The topological polar surface area (TPSA) is 46.3 Å². The molecule has 0 radical (unpaired) electrons. The van der Waals surface area contributed by atoms with Gasteiger partial charge in [0.05, 0.1) is 5.69 Å². The molecule has 2 rings (SSSR count). The number of carbonyl (C=O) groups is 1. The summed E-state index contributed by atoms with van der Waals surface area (Å²) in [7, 11) is 1.85. The molecule has 1 amide bonds. The van der Waals surface area contributed by atoms with Crippen molar-refractivity contribution in [3.8, 4) is 0 Å². The number of anilines is 1. The summed E-state index contributed by atoms with van der Waals surface area (Å²) in [5.74, 6) is 0.435. The Morgan fingerprint density at radius 3 is 2.55 bits per heavy atom. The Balaban J connectivity index is 2.43. The highest BCUT2D eigenvalue weighted by Crippen LogP contribution is 2.35. The maximum Gasteiger partial charge on any atom is 0.266 e. The molecular formula is C16H22N2OS. The largest absolute Gasteiger partial charge is 0.397 e. The number of carbonyl (C=O) groups excluding carboxylic acids is 1. The molecule has 1 aromatic carbocycles. The molecule has 1 unspecified atom stereocenters.